The van der Waals surface area contributed by atoms with Gasteiger partial charge < -0.3 is 34.7 Å². The number of hydrogen-bond donors (Lipinski definition) is 3. The molecule has 0 aromatic carbocycles. The largest absolute Gasteiger partial charge is 0.459 e. The molecule has 0 aromatic heterocycles. The van der Waals surface area contributed by atoms with Crippen LogP contribution in [0.2, 0.25) is 0 Å². The lowest BCUT2D eigenvalue weighted by Crippen LogP contribution is -2.53. The quantitative estimate of drug-likeness (QED) is 0.140. The molecule has 1 rings (SSSR count). The van der Waals surface area contributed by atoms with Gasteiger partial charge in [-0.15, -0.1) is 0 Å². The second kappa shape index (κ2) is 13.8. The van der Waals surface area contributed by atoms with Crippen LogP contribution in [-0.4, -0.2) is 81.7 Å². The van der Waals surface area contributed by atoms with Crippen LogP contribution in [0.15, 0.2) is 12.7 Å². The maximum atomic E-state index is 12.3. The van der Waals surface area contributed by atoms with Crippen LogP contribution in [0.25, 0.3) is 0 Å². The van der Waals surface area contributed by atoms with Crippen molar-refractivity contribution in [3.8, 4) is 0 Å². The Labute approximate surface area is 215 Å². The van der Waals surface area contributed by atoms with Crippen molar-refractivity contribution in [3.05, 3.63) is 12.7 Å². The van der Waals surface area contributed by atoms with Crippen molar-refractivity contribution in [2.24, 2.45) is 16.2 Å². The average molecular weight is 541 g/mol. The first-order valence-corrected chi connectivity index (χ1v) is 11.9. The Balaban J connectivity index is 2.47. The number of esters is 1. The predicted octanol–water partition coefficient (Wildman–Crippen LogP) is 3.33. The number of aliphatic hydroxyl groups excluding tert-OH is 1. The summed E-state index contributed by atoms with van der Waals surface area (Å²) in [5.41, 5.74) is -1.82. The van der Waals surface area contributed by atoms with Crippen LogP contribution >= 0.6 is 0 Å². The van der Waals surface area contributed by atoms with E-state index in [1.165, 1.54) is 6.92 Å². The summed E-state index contributed by atoms with van der Waals surface area (Å²) in [5.74, 6) is -0.605. The molecule has 1 aliphatic carbocycles. The lowest BCUT2D eigenvalue weighted by Gasteiger charge is -2.47. The van der Waals surface area contributed by atoms with Gasteiger partial charge in [0.2, 0.25) is 0 Å². The fourth-order valence-corrected chi connectivity index (χ4v) is 4.26. The number of amides is 2. The van der Waals surface area contributed by atoms with Crippen molar-refractivity contribution >= 4 is 18.2 Å². The van der Waals surface area contributed by atoms with Gasteiger partial charge in [-0.25, -0.2) is 14.4 Å². The molecule has 1 fully saturated rings. The van der Waals surface area contributed by atoms with Gasteiger partial charge >= 0.3 is 24.3 Å². The summed E-state index contributed by atoms with van der Waals surface area (Å²) in [6.45, 7) is 8.08. The first kappa shape index (κ1) is 32.5. The van der Waals surface area contributed by atoms with Gasteiger partial charge in [0, 0.05) is 24.1 Å². The maximum absolute atomic E-state index is 12.3. The summed E-state index contributed by atoms with van der Waals surface area (Å²) >= 11 is 0. The van der Waals surface area contributed by atoms with Gasteiger partial charge in [-0.05, 0) is 30.1 Å². The van der Waals surface area contributed by atoms with Gasteiger partial charge in [-0.2, -0.15) is 13.2 Å². The first-order valence-electron chi connectivity index (χ1n) is 11.9. The highest BCUT2D eigenvalue weighted by molar-refractivity contribution is 5.81. The molecule has 0 heterocycles. The number of alkyl halides is 3. The summed E-state index contributed by atoms with van der Waals surface area (Å²) in [5, 5.41) is 15.0. The smallest absolute Gasteiger partial charge is 0.411 e. The zero-order valence-electron chi connectivity index (χ0n) is 21.9. The lowest BCUT2D eigenvalue weighted by atomic mass is 9.62. The molecule has 1 aliphatic rings. The number of carbonyl (C=O) groups is 3. The molecule has 3 N–H and O–H groups in total. The summed E-state index contributed by atoms with van der Waals surface area (Å²) in [4.78, 5) is 35.4. The van der Waals surface area contributed by atoms with Crippen LogP contribution in [0, 0.1) is 16.2 Å². The van der Waals surface area contributed by atoms with Crippen molar-refractivity contribution in [2.45, 2.75) is 59.2 Å². The van der Waals surface area contributed by atoms with E-state index >= 15 is 0 Å². The summed E-state index contributed by atoms with van der Waals surface area (Å²) in [7, 11) is 0. The van der Waals surface area contributed by atoms with E-state index < -0.39 is 49.6 Å². The monoisotopic (exact) mass is 540 g/mol. The molecular weight excluding hydrogens is 501 g/mol. The van der Waals surface area contributed by atoms with E-state index in [1.807, 2.05) is 20.8 Å². The normalized spacial score (nSPS) is 22.8. The van der Waals surface area contributed by atoms with Crippen molar-refractivity contribution in [2.75, 3.05) is 46.2 Å². The summed E-state index contributed by atoms with van der Waals surface area (Å²) in [6, 6.07) is -0.183. The van der Waals surface area contributed by atoms with Crippen LogP contribution in [0.5, 0.6) is 0 Å². The van der Waals surface area contributed by atoms with Crippen LogP contribution in [0.1, 0.15) is 47.0 Å². The first-order chi connectivity index (χ1) is 17.0. The van der Waals surface area contributed by atoms with Crippen molar-refractivity contribution in [3.63, 3.8) is 0 Å². The molecule has 0 radical (unpaired) electrons. The van der Waals surface area contributed by atoms with Gasteiger partial charge in [0.25, 0.3) is 0 Å². The van der Waals surface area contributed by atoms with E-state index in [0.717, 1.165) is 6.08 Å². The SMILES string of the molecule is C=CC(=O)OCCOC(=O)NC1CCC(C)(CNC(=O)OCC(C)(CO)COCC(F)(F)F)CC1(C)C. The molecule has 1 saturated carbocycles. The molecule has 0 saturated heterocycles. The molecule has 13 heteroatoms. The third-order valence-electron chi connectivity index (χ3n) is 6.19. The maximum Gasteiger partial charge on any atom is 0.411 e. The summed E-state index contributed by atoms with van der Waals surface area (Å²) < 4.78 is 56.4. The number of aliphatic hydroxyl groups is 1. The minimum absolute atomic E-state index is 0.0792. The van der Waals surface area contributed by atoms with E-state index in [-0.39, 0.29) is 43.2 Å². The Morgan fingerprint density at radius 3 is 2.27 bits per heavy atom. The topological polar surface area (TPSA) is 132 Å². The Morgan fingerprint density at radius 1 is 1.05 bits per heavy atom. The van der Waals surface area contributed by atoms with Gasteiger partial charge in [-0.1, -0.05) is 34.3 Å². The Morgan fingerprint density at radius 2 is 1.70 bits per heavy atom. The number of nitrogens with one attached hydrogen (secondary N) is 2. The van der Waals surface area contributed by atoms with E-state index in [9.17, 15) is 32.7 Å². The van der Waals surface area contributed by atoms with Gasteiger partial charge in [0.1, 0.15) is 26.4 Å². The number of rotatable bonds is 13. The minimum atomic E-state index is -4.49. The fourth-order valence-electron chi connectivity index (χ4n) is 4.26. The van der Waals surface area contributed by atoms with E-state index in [4.69, 9.17) is 14.2 Å². The predicted molar refractivity (Wildman–Crippen MR) is 127 cm³/mol. The van der Waals surface area contributed by atoms with Crippen molar-refractivity contribution in [1.29, 1.82) is 0 Å². The van der Waals surface area contributed by atoms with Crippen molar-refractivity contribution < 1.29 is 51.6 Å². The highest BCUT2D eigenvalue weighted by Gasteiger charge is 2.43. The lowest BCUT2D eigenvalue weighted by molar-refractivity contribution is -0.183. The number of hydrogen-bond acceptors (Lipinski definition) is 8. The number of alkyl carbamates (subject to hydrolysis) is 2. The Bertz CT molecular complexity index is 792. The van der Waals surface area contributed by atoms with Crippen LogP contribution in [0.4, 0.5) is 22.8 Å². The van der Waals surface area contributed by atoms with E-state index in [2.05, 4.69) is 21.9 Å². The average Bonchev–Trinajstić information content (AvgIpc) is 2.80. The molecule has 0 aliphatic heterocycles. The molecule has 0 spiro atoms. The second-order valence-corrected chi connectivity index (χ2v) is 10.7. The zero-order valence-corrected chi connectivity index (χ0v) is 21.9. The number of carbonyl (C=O) groups excluding carboxylic acids is 3. The van der Waals surface area contributed by atoms with Crippen LogP contribution < -0.4 is 10.6 Å². The molecular formula is C24H39F3N2O8. The minimum Gasteiger partial charge on any atom is -0.459 e. The molecule has 0 bridgehead atoms. The molecule has 37 heavy (non-hydrogen) atoms. The molecule has 10 nitrogen and oxygen atoms in total. The zero-order chi connectivity index (χ0) is 28.3. The Kier molecular flexibility index (Phi) is 12.2. The molecule has 3 atom stereocenters. The number of halogens is 3. The Hall–Kier alpha value is -2.54. The fraction of sp³-hybridized carbons (Fsp3) is 0.792. The standard InChI is InChI=1S/C24H39F3N2O8/c1-6-18(31)35-9-10-36-20(33)29-17-7-8-22(4,11-21(17,2)3)12-28-19(32)37-15-23(5,13-30)14-34-16-24(25,26)27/h6,17,30H,1,7-16H2,2-5H3,(H,28,32)(H,29,33). The van der Waals surface area contributed by atoms with E-state index in [1.54, 1.807) is 0 Å². The third kappa shape index (κ3) is 12.5. The van der Waals surface area contributed by atoms with Gasteiger partial charge in [0.15, 0.2) is 0 Å². The van der Waals surface area contributed by atoms with Gasteiger partial charge in [0.05, 0.1) is 13.2 Å². The van der Waals surface area contributed by atoms with Gasteiger partial charge in [-0.3, -0.25) is 0 Å². The molecule has 214 valence electrons. The van der Waals surface area contributed by atoms with Crippen LogP contribution in [-0.2, 0) is 23.7 Å². The third-order valence-corrected chi connectivity index (χ3v) is 6.19. The molecule has 2 amide bonds. The second-order valence-electron chi connectivity index (χ2n) is 10.7. The summed E-state index contributed by atoms with van der Waals surface area (Å²) in [6.07, 6.45) is -2.89. The van der Waals surface area contributed by atoms with Crippen molar-refractivity contribution in [1.82, 2.24) is 10.6 Å². The molecule has 0 aromatic rings. The van der Waals surface area contributed by atoms with Crippen LogP contribution in [0.3, 0.4) is 0 Å². The highest BCUT2D eigenvalue weighted by Crippen LogP contribution is 2.45. The van der Waals surface area contributed by atoms with E-state index in [0.29, 0.717) is 19.3 Å². The highest BCUT2D eigenvalue weighted by atomic mass is 19.4. The number of ether oxygens (including phenoxy) is 4. The molecule has 3 unspecified atom stereocenters.